The molecule has 0 aliphatic rings. The standard InChI is InChI=1S/C50H42N4O/c1-31-26-27-51-46(28-31)53-44-23-14-13-22-42(44)43-25-24-41(30-45(43)53)55-40-21-15-20-39(29-40)54-50(38-18-11-8-12-19-38)48(49(52-54)37-16-9-7-10-17-37)47-35(5)33(3)32(2)34(4)36(47)6/h7-30H,1-6H3. The summed E-state index contributed by atoms with van der Waals surface area (Å²) in [7, 11) is 0. The van der Waals surface area contributed by atoms with Crippen molar-refractivity contribution < 1.29 is 4.74 Å². The van der Waals surface area contributed by atoms with E-state index in [1.807, 2.05) is 24.4 Å². The smallest absolute Gasteiger partial charge is 0.137 e. The molecule has 0 N–H and O–H groups in total. The Labute approximate surface area is 322 Å². The van der Waals surface area contributed by atoms with Gasteiger partial charge >= 0.3 is 0 Å². The van der Waals surface area contributed by atoms with Crippen molar-refractivity contribution in [3.05, 3.63) is 179 Å². The Bertz CT molecular complexity index is 2870. The zero-order chi connectivity index (χ0) is 37.8. The van der Waals surface area contributed by atoms with Gasteiger partial charge in [0.15, 0.2) is 0 Å². The third-order valence-corrected chi connectivity index (χ3v) is 11.3. The fourth-order valence-corrected chi connectivity index (χ4v) is 8.10. The van der Waals surface area contributed by atoms with Gasteiger partial charge in [-0.2, -0.15) is 5.10 Å². The Balaban J connectivity index is 1.23. The van der Waals surface area contributed by atoms with E-state index in [9.17, 15) is 0 Å². The summed E-state index contributed by atoms with van der Waals surface area (Å²) in [4.78, 5) is 4.76. The van der Waals surface area contributed by atoms with E-state index in [0.717, 1.165) is 73.1 Å². The van der Waals surface area contributed by atoms with Crippen molar-refractivity contribution in [2.24, 2.45) is 0 Å². The number of aryl methyl sites for hydroxylation is 1. The molecule has 0 bridgehead atoms. The molecule has 0 unspecified atom stereocenters. The van der Waals surface area contributed by atoms with Gasteiger partial charge in [0.05, 0.1) is 22.4 Å². The second-order valence-electron chi connectivity index (χ2n) is 14.5. The lowest BCUT2D eigenvalue weighted by Gasteiger charge is -2.20. The maximum absolute atomic E-state index is 6.72. The summed E-state index contributed by atoms with van der Waals surface area (Å²) in [5.41, 5.74) is 17.3. The van der Waals surface area contributed by atoms with E-state index >= 15 is 0 Å². The first kappa shape index (κ1) is 34.1. The number of pyridine rings is 1. The van der Waals surface area contributed by atoms with Crippen LogP contribution < -0.4 is 4.74 Å². The minimum absolute atomic E-state index is 0.722. The molecule has 0 radical (unpaired) electrons. The van der Waals surface area contributed by atoms with Crippen molar-refractivity contribution in [2.45, 2.75) is 41.5 Å². The fraction of sp³-hybridized carbons (Fsp3) is 0.120. The van der Waals surface area contributed by atoms with Crippen LogP contribution in [0.1, 0.15) is 33.4 Å². The third-order valence-electron chi connectivity index (χ3n) is 11.3. The number of benzene rings is 6. The molecule has 9 rings (SSSR count). The van der Waals surface area contributed by atoms with Gasteiger partial charge in [0.25, 0.3) is 0 Å². The van der Waals surface area contributed by atoms with E-state index in [0.29, 0.717) is 0 Å². The van der Waals surface area contributed by atoms with Crippen LogP contribution >= 0.6 is 0 Å². The van der Waals surface area contributed by atoms with Gasteiger partial charge < -0.3 is 4.74 Å². The molecule has 9 aromatic rings. The Morgan fingerprint density at radius 3 is 1.85 bits per heavy atom. The molecular weight excluding hydrogens is 673 g/mol. The van der Waals surface area contributed by atoms with Crippen molar-refractivity contribution >= 4 is 21.8 Å². The van der Waals surface area contributed by atoms with Crippen LogP contribution in [0.3, 0.4) is 0 Å². The molecule has 6 aromatic carbocycles. The fourth-order valence-electron chi connectivity index (χ4n) is 8.10. The first-order valence-electron chi connectivity index (χ1n) is 18.8. The average molecular weight is 715 g/mol. The average Bonchev–Trinajstić information content (AvgIpc) is 3.77. The van der Waals surface area contributed by atoms with Crippen molar-refractivity contribution in [2.75, 3.05) is 0 Å². The summed E-state index contributed by atoms with van der Waals surface area (Å²) in [6.45, 7) is 13.3. The molecule has 5 heteroatoms. The Kier molecular flexibility index (Phi) is 8.43. The van der Waals surface area contributed by atoms with Gasteiger partial charge in [0.1, 0.15) is 23.0 Å². The van der Waals surface area contributed by atoms with Crippen molar-refractivity contribution in [1.29, 1.82) is 0 Å². The van der Waals surface area contributed by atoms with Crippen LogP contribution in [0.4, 0.5) is 0 Å². The van der Waals surface area contributed by atoms with Crippen molar-refractivity contribution in [1.82, 2.24) is 19.3 Å². The number of rotatable bonds is 7. The topological polar surface area (TPSA) is 44.9 Å². The van der Waals surface area contributed by atoms with Crippen LogP contribution in [0.2, 0.25) is 0 Å². The second kappa shape index (κ2) is 13.6. The molecule has 0 fully saturated rings. The maximum atomic E-state index is 6.72. The summed E-state index contributed by atoms with van der Waals surface area (Å²) in [6, 6.07) is 48.4. The zero-order valence-corrected chi connectivity index (χ0v) is 32.1. The highest BCUT2D eigenvalue weighted by Gasteiger charge is 2.27. The molecule has 55 heavy (non-hydrogen) atoms. The number of ether oxygens (including phenoxy) is 1. The molecular formula is C50H42N4O. The van der Waals surface area contributed by atoms with Crippen molar-refractivity contribution in [3.63, 3.8) is 0 Å². The Morgan fingerprint density at radius 1 is 0.491 bits per heavy atom. The van der Waals surface area contributed by atoms with E-state index in [4.69, 9.17) is 14.8 Å². The highest BCUT2D eigenvalue weighted by molar-refractivity contribution is 6.09. The number of nitrogens with zero attached hydrogens (tertiary/aromatic N) is 4. The molecule has 0 aliphatic heterocycles. The quantitative estimate of drug-likeness (QED) is 0.165. The molecule has 268 valence electrons. The molecule has 0 amide bonds. The third kappa shape index (κ3) is 5.80. The SMILES string of the molecule is Cc1ccnc(-n2c3ccccc3c3ccc(Oc4cccc(-n5nc(-c6ccccc6)c(-c6c(C)c(C)c(C)c(C)c6C)c5-c5ccccc5)c4)cc32)c1. The van der Waals surface area contributed by atoms with Gasteiger partial charge in [-0.05, 0) is 123 Å². The van der Waals surface area contributed by atoms with E-state index in [-0.39, 0.29) is 0 Å². The van der Waals surface area contributed by atoms with Crippen LogP contribution in [-0.2, 0) is 0 Å². The van der Waals surface area contributed by atoms with Gasteiger partial charge in [-0.15, -0.1) is 0 Å². The van der Waals surface area contributed by atoms with Gasteiger partial charge in [0.2, 0.25) is 0 Å². The van der Waals surface area contributed by atoms with Crippen LogP contribution in [0.15, 0.2) is 146 Å². The lowest BCUT2D eigenvalue weighted by molar-refractivity contribution is 0.483. The summed E-state index contributed by atoms with van der Waals surface area (Å²) in [5.74, 6) is 2.35. The van der Waals surface area contributed by atoms with Crippen LogP contribution in [0.5, 0.6) is 11.5 Å². The highest BCUT2D eigenvalue weighted by atomic mass is 16.5. The molecule has 5 nitrogen and oxygen atoms in total. The van der Waals surface area contributed by atoms with Crippen LogP contribution in [0.25, 0.3) is 67.0 Å². The lowest BCUT2D eigenvalue weighted by atomic mass is 9.84. The summed E-state index contributed by atoms with van der Waals surface area (Å²) >= 11 is 0. The minimum atomic E-state index is 0.722. The Morgan fingerprint density at radius 2 is 1.13 bits per heavy atom. The van der Waals surface area contributed by atoms with Gasteiger partial charge in [0, 0.05) is 45.8 Å². The predicted molar refractivity (Wildman–Crippen MR) is 227 cm³/mol. The van der Waals surface area contributed by atoms with Gasteiger partial charge in [-0.1, -0.05) is 84.9 Å². The molecule has 3 heterocycles. The maximum Gasteiger partial charge on any atom is 0.137 e. The number of hydrogen-bond acceptors (Lipinski definition) is 3. The molecule has 0 spiro atoms. The van der Waals surface area contributed by atoms with E-state index in [1.54, 1.807) is 0 Å². The monoisotopic (exact) mass is 714 g/mol. The van der Waals surface area contributed by atoms with E-state index in [2.05, 4.69) is 172 Å². The number of aromatic nitrogens is 4. The zero-order valence-electron chi connectivity index (χ0n) is 32.1. The number of hydrogen-bond donors (Lipinski definition) is 0. The molecule has 0 atom stereocenters. The number of para-hydroxylation sites is 1. The summed E-state index contributed by atoms with van der Waals surface area (Å²) in [5, 5.41) is 7.81. The second-order valence-corrected chi connectivity index (χ2v) is 14.5. The predicted octanol–water partition coefficient (Wildman–Crippen LogP) is 13.0. The van der Waals surface area contributed by atoms with Gasteiger partial charge in [-0.25, -0.2) is 9.67 Å². The highest BCUT2D eigenvalue weighted by Crippen LogP contribution is 2.46. The Hall–Kier alpha value is -6.72. The first-order valence-corrected chi connectivity index (χ1v) is 18.8. The molecule has 0 saturated carbocycles. The van der Waals surface area contributed by atoms with Crippen LogP contribution in [0, 0.1) is 41.5 Å². The molecule has 0 aliphatic carbocycles. The van der Waals surface area contributed by atoms with Crippen LogP contribution in [-0.4, -0.2) is 19.3 Å². The van der Waals surface area contributed by atoms with E-state index < -0.39 is 0 Å². The lowest BCUT2D eigenvalue weighted by Crippen LogP contribution is -2.02. The normalized spacial score (nSPS) is 11.5. The molecule has 0 saturated heterocycles. The molecule has 3 aromatic heterocycles. The summed E-state index contributed by atoms with van der Waals surface area (Å²) < 4.78 is 11.0. The minimum Gasteiger partial charge on any atom is -0.457 e. The number of fused-ring (bicyclic) bond motifs is 3. The largest absolute Gasteiger partial charge is 0.457 e. The first-order chi connectivity index (χ1) is 26.8. The summed E-state index contributed by atoms with van der Waals surface area (Å²) in [6.07, 6.45) is 1.87. The van der Waals surface area contributed by atoms with E-state index in [1.165, 1.54) is 38.8 Å². The van der Waals surface area contributed by atoms with Crippen molar-refractivity contribution in [3.8, 4) is 56.6 Å². The van der Waals surface area contributed by atoms with Gasteiger partial charge in [-0.3, -0.25) is 4.57 Å².